The van der Waals surface area contributed by atoms with Crippen LogP contribution in [0.5, 0.6) is 0 Å². The van der Waals surface area contributed by atoms with Crippen molar-refractivity contribution in [3.8, 4) is 0 Å². The van der Waals surface area contributed by atoms with Crippen molar-refractivity contribution in [2.45, 2.75) is 60.8 Å². The molecule has 2 rings (SSSR count). The Labute approximate surface area is 107 Å². The summed E-state index contributed by atoms with van der Waals surface area (Å²) < 4.78 is 0. The Bertz CT molecular complexity index is 375. The van der Waals surface area contributed by atoms with Gasteiger partial charge in [-0.05, 0) is 36.3 Å². The van der Waals surface area contributed by atoms with E-state index in [-0.39, 0.29) is 20.3 Å². The fourth-order valence-electron chi connectivity index (χ4n) is 2.30. The third-order valence-electron chi connectivity index (χ3n) is 3.12. The molecule has 98 valence electrons. The van der Waals surface area contributed by atoms with Crippen molar-refractivity contribution in [3.63, 3.8) is 0 Å². The Morgan fingerprint density at radius 3 is 2.47 bits per heavy atom. The molecule has 0 atom stereocenters. The summed E-state index contributed by atoms with van der Waals surface area (Å²) in [5, 5.41) is 3.48. The molecule has 0 radical (unpaired) electrons. The predicted octanol–water partition coefficient (Wildman–Crippen LogP) is 4.32. The smallest absolute Gasteiger partial charge is 0.0638 e. The highest BCUT2D eigenvalue weighted by molar-refractivity contribution is 5.59. The monoisotopic (exact) mass is 236 g/mol. The largest absolute Gasteiger partial charge is 0.383 e. The maximum absolute atomic E-state index is 4.58. The van der Waals surface area contributed by atoms with Gasteiger partial charge in [-0.2, -0.15) is 0 Å². The maximum atomic E-state index is 4.58. The minimum atomic E-state index is 0. The van der Waals surface area contributed by atoms with E-state index in [1.54, 1.807) is 0 Å². The summed E-state index contributed by atoms with van der Waals surface area (Å²) in [6.45, 7) is 10.0. The zero-order valence-electron chi connectivity index (χ0n) is 10.1. The molecule has 0 saturated carbocycles. The van der Waals surface area contributed by atoms with E-state index in [1.807, 2.05) is 0 Å². The van der Waals surface area contributed by atoms with Gasteiger partial charge in [-0.1, -0.05) is 35.6 Å². The molecule has 0 bridgehead atoms. The number of nitrogens with zero attached hydrogens (tertiary/aromatic N) is 1. The first-order valence-electron chi connectivity index (χ1n) is 5.73. The van der Waals surface area contributed by atoms with E-state index in [2.05, 4.69) is 44.2 Å². The number of aromatic nitrogens is 1. The highest BCUT2D eigenvalue weighted by atomic mass is 14.9. The zero-order valence-corrected chi connectivity index (χ0v) is 10.1. The first-order chi connectivity index (χ1) is 7.00. The van der Waals surface area contributed by atoms with Crippen molar-refractivity contribution in [1.82, 2.24) is 4.98 Å². The van der Waals surface area contributed by atoms with Gasteiger partial charge in [0.2, 0.25) is 0 Å². The van der Waals surface area contributed by atoms with Gasteiger partial charge in [0.1, 0.15) is 0 Å². The minimum absolute atomic E-state index is 0. The van der Waals surface area contributed by atoms with Crippen LogP contribution in [0.15, 0.2) is 6.20 Å². The first kappa shape index (κ1) is 16.0. The van der Waals surface area contributed by atoms with Crippen LogP contribution >= 0.6 is 0 Å². The second-order valence-corrected chi connectivity index (χ2v) is 5.40. The van der Waals surface area contributed by atoms with Gasteiger partial charge in [-0.15, -0.1) is 0 Å². The van der Waals surface area contributed by atoms with Gasteiger partial charge < -0.3 is 5.32 Å². The highest BCUT2D eigenvalue weighted by Crippen LogP contribution is 2.32. The summed E-state index contributed by atoms with van der Waals surface area (Å²) in [5.74, 6) is 0. The fourth-order valence-corrected chi connectivity index (χ4v) is 2.30. The molecule has 2 heteroatoms. The molecule has 17 heavy (non-hydrogen) atoms. The van der Waals surface area contributed by atoms with E-state index in [0.717, 1.165) is 13.0 Å². The van der Waals surface area contributed by atoms with Crippen molar-refractivity contribution in [3.05, 3.63) is 23.0 Å². The standard InChI is InChI=1S/C13H20N2.2CH4/c1-9-10(13(2,3)4)8-15-11-6-5-7-14-12(9)11;;/h8,14H,5-7H2,1-4H3;2*1H4. The van der Waals surface area contributed by atoms with Gasteiger partial charge in [0.15, 0.2) is 0 Å². The number of fused-ring (bicyclic) bond motifs is 1. The molecule has 0 unspecified atom stereocenters. The van der Waals surface area contributed by atoms with Gasteiger partial charge >= 0.3 is 0 Å². The second-order valence-electron chi connectivity index (χ2n) is 5.40. The summed E-state index contributed by atoms with van der Waals surface area (Å²) in [6, 6.07) is 0. The van der Waals surface area contributed by atoms with Crippen molar-refractivity contribution in [1.29, 1.82) is 0 Å². The lowest BCUT2D eigenvalue weighted by atomic mass is 9.84. The van der Waals surface area contributed by atoms with E-state index >= 15 is 0 Å². The average Bonchev–Trinajstić information content (AvgIpc) is 2.16. The molecule has 2 heterocycles. The predicted molar refractivity (Wildman–Crippen MR) is 77.9 cm³/mol. The van der Waals surface area contributed by atoms with Crippen LogP contribution in [0.4, 0.5) is 5.69 Å². The topological polar surface area (TPSA) is 24.9 Å². The number of rotatable bonds is 0. The average molecular weight is 236 g/mol. The fraction of sp³-hybridized carbons (Fsp3) is 0.667. The lowest BCUT2D eigenvalue weighted by molar-refractivity contribution is 0.581. The van der Waals surface area contributed by atoms with Crippen LogP contribution in [0.1, 0.15) is 58.9 Å². The third kappa shape index (κ3) is 2.99. The first-order valence-corrected chi connectivity index (χ1v) is 5.73. The van der Waals surface area contributed by atoms with Crippen LogP contribution in [0.3, 0.4) is 0 Å². The molecule has 0 fully saturated rings. The molecule has 1 aromatic rings. The van der Waals surface area contributed by atoms with Crippen LogP contribution in [0.25, 0.3) is 0 Å². The molecule has 0 saturated heterocycles. The minimum Gasteiger partial charge on any atom is -0.383 e. The van der Waals surface area contributed by atoms with Crippen LogP contribution in [-0.2, 0) is 11.8 Å². The molecule has 0 spiro atoms. The lowest BCUT2D eigenvalue weighted by Crippen LogP contribution is -2.20. The summed E-state index contributed by atoms with van der Waals surface area (Å²) in [4.78, 5) is 4.58. The number of hydrogen-bond donors (Lipinski definition) is 1. The van der Waals surface area contributed by atoms with Crippen molar-refractivity contribution in [2.75, 3.05) is 11.9 Å². The second kappa shape index (κ2) is 5.52. The number of aryl methyl sites for hydroxylation is 1. The van der Waals surface area contributed by atoms with E-state index in [0.29, 0.717) is 0 Å². The van der Waals surface area contributed by atoms with Crippen LogP contribution in [0.2, 0.25) is 0 Å². The molecule has 1 aliphatic rings. The Kier molecular flexibility index (Phi) is 5.18. The van der Waals surface area contributed by atoms with Crippen LogP contribution < -0.4 is 5.32 Å². The third-order valence-corrected chi connectivity index (χ3v) is 3.12. The summed E-state index contributed by atoms with van der Waals surface area (Å²) in [7, 11) is 0. The Morgan fingerprint density at radius 1 is 1.24 bits per heavy atom. The molecule has 2 nitrogen and oxygen atoms in total. The summed E-state index contributed by atoms with van der Waals surface area (Å²) >= 11 is 0. The summed E-state index contributed by atoms with van der Waals surface area (Å²) in [6.07, 6.45) is 4.38. The van der Waals surface area contributed by atoms with Gasteiger partial charge in [-0.25, -0.2) is 0 Å². The molecule has 1 N–H and O–H groups in total. The molecular formula is C15H28N2. The zero-order chi connectivity index (χ0) is 11.1. The Balaban J connectivity index is 0.00000128. The van der Waals surface area contributed by atoms with Crippen molar-refractivity contribution in [2.24, 2.45) is 0 Å². The SMILES string of the molecule is C.C.Cc1c(C(C)(C)C)cnc2c1NCCC2. The maximum Gasteiger partial charge on any atom is 0.0638 e. The number of anilines is 1. The Hall–Kier alpha value is -1.05. The van der Waals surface area contributed by atoms with Crippen molar-refractivity contribution >= 4 is 5.69 Å². The highest BCUT2D eigenvalue weighted by Gasteiger charge is 2.21. The van der Waals surface area contributed by atoms with E-state index in [4.69, 9.17) is 0 Å². The number of hydrogen-bond acceptors (Lipinski definition) is 2. The molecule has 1 aromatic heterocycles. The summed E-state index contributed by atoms with van der Waals surface area (Å²) in [5.41, 5.74) is 5.45. The Morgan fingerprint density at radius 2 is 1.88 bits per heavy atom. The molecule has 0 aromatic carbocycles. The van der Waals surface area contributed by atoms with Crippen LogP contribution in [0, 0.1) is 6.92 Å². The van der Waals surface area contributed by atoms with Crippen molar-refractivity contribution < 1.29 is 0 Å². The number of pyridine rings is 1. The van der Waals surface area contributed by atoms with E-state index in [9.17, 15) is 0 Å². The molecule has 1 aliphatic heterocycles. The quantitative estimate of drug-likeness (QED) is 0.725. The lowest BCUT2D eigenvalue weighted by Gasteiger charge is -2.26. The molecule has 0 amide bonds. The van der Waals surface area contributed by atoms with Gasteiger partial charge in [0.05, 0.1) is 11.4 Å². The normalized spacial score (nSPS) is 13.9. The molecular weight excluding hydrogens is 208 g/mol. The van der Waals surface area contributed by atoms with Gasteiger partial charge in [0.25, 0.3) is 0 Å². The molecule has 0 aliphatic carbocycles. The van der Waals surface area contributed by atoms with Gasteiger partial charge in [0, 0.05) is 12.7 Å². The number of nitrogens with one attached hydrogen (secondary N) is 1. The van der Waals surface area contributed by atoms with Gasteiger partial charge in [-0.3, -0.25) is 4.98 Å². The van der Waals surface area contributed by atoms with Crippen LogP contribution in [-0.4, -0.2) is 11.5 Å². The van der Waals surface area contributed by atoms with E-state index < -0.39 is 0 Å². The van der Waals surface area contributed by atoms with E-state index in [1.165, 1.54) is 28.9 Å².